The fraction of sp³-hybridized carbons (Fsp3) is 0.333. The minimum atomic E-state index is 0.0774. The SMILES string of the molecule is CCOc1cccc(CNCCc2ccc(CO)cc2)c1O. The minimum Gasteiger partial charge on any atom is -0.504 e. The zero-order chi connectivity index (χ0) is 15.8. The van der Waals surface area contributed by atoms with Crippen LogP contribution in [0.1, 0.15) is 23.6 Å². The van der Waals surface area contributed by atoms with Crippen molar-refractivity contribution in [1.29, 1.82) is 0 Å². The van der Waals surface area contributed by atoms with Gasteiger partial charge in [-0.1, -0.05) is 36.4 Å². The Morgan fingerprint density at radius 3 is 2.45 bits per heavy atom. The van der Waals surface area contributed by atoms with E-state index in [9.17, 15) is 5.11 Å². The summed E-state index contributed by atoms with van der Waals surface area (Å²) < 4.78 is 5.38. The first-order valence-corrected chi connectivity index (χ1v) is 7.57. The largest absolute Gasteiger partial charge is 0.504 e. The number of ether oxygens (including phenoxy) is 1. The van der Waals surface area contributed by atoms with E-state index < -0.39 is 0 Å². The van der Waals surface area contributed by atoms with Crippen LogP contribution in [0.2, 0.25) is 0 Å². The van der Waals surface area contributed by atoms with Crippen molar-refractivity contribution >= 4 is 0 Å². The van der Waals surface area contributed by atoms with Gasteiger partial charge in [0.05, 0.1) is 13.2 Å². The average Bonchev–Trinajstić information content (AvgIpc) is 2.55. The molecule has 0 radical (unpaired) electrons. The molecule has 0 aromatic heterocycles. The Labute approximate surface area is 131 Å². The molecule has 0 fully saturated rings. The molecule has 0 aliphatic carbocycles. The van der Waals surface area contributed by atoms with Gasteiger partial charge in [0, 0.05) is 12.1 Å². The summed E-state index contributed by atoms with van der Waals surface area (Å²) in [5.74, 6) is 0.741. The van der Waals surface area contributed by atoms with Gasteiger partial charge in [0.15, 0.2) is 11.5 Å². The molecule has 0 aliphatic heterocycles. The topological polar surface area (TPSA) is 61.7 Å². The Morgan fingerprint density at radius 2 is 1.77 bits per heavy atom. The van der Waals surface area contributed by atoms with Crippen LogP contribution in [0, 0.1) is 0 Å². The standard InChI is InChI=1S/C18H23NO3/c1-2-22-17-5-3-4-16(18(17)21)12-19-11-10-14-6-8-15(13-20)9-7-14/h3-9,19-21H,2,10-13H2,1H3. The molecule has 0 saturated heterocycles. The van der Waals surface area contributed by atoms with E-state index in [4.69, 9.17) is 9.84 Å². The second-order valence-corrected chi connectivity index (χ2v) is 5.10. The van der Waals surface area contributed by atoms with Gasteiger partial charge in [-0.25, -0.2) is 0 Å². The lowest BCUT2D eigenvalue weighted by molar-refractivity contribution is 0.282. The molecule has 0 heterocycles. The first kappa shape index (κ1) is 16.3. The smallest absolute Gasteiger partial charge is 0.162 e. The summed E-state index contributed by atoms with van der Waals surface area (Å²) in [6.45, 7) is 3.92. The van der Waals surface area contributed by atoms with E-state index in [1.807, 2.05) is 43.3 Å². The monoisotopic (exact) mass is 301 g/mol. The van der Waals surface area contributed by atoms with E-state index in [0.717, 1.165) is 24.1 Å². The number of aliphatic hydroxyl groups excluding tert-OH is 1. The zero-order valence-corrected chi connectivity index (χ0v) is 12.9. The maximum Gasteiger partial charge on any atom is 0.162 e. The van der Waals surface area contributed by atoms with Crippen molar-refractivity contribution in [1.82, 2.24) is 5.32 Å². The van der Waals surface area contributed by atoms with Crippen LogP contribution in [-0.2, 0) is 19.6 Å². The Kier molecular flexibility index (Phi) is 6.25. The molecule has 0 saturated carbocycles. The molecule has 0 amide bonds. The van der Waals surface area contributed by atoms with E-state index in [1.165, 1.54) is 5.56 Å². The lowest BCUT2D eigenvalue weighted by atomic mass is 10.1. The molecule has 2 aromatic rings. The van der Waals surface area contributed by atoms with Gasteiger partial charge in [0.1, 0.15) is 0 Å². The van der Waals surface area contributed by atoms with Crippen LogP contribution in [-0.4, -0.2) is 23.4 Å². The number of hydrogen-bond donors (Lipinski definition) is 3. The maximum atomic E-state index is 10.1. The molecule has 2 aromatic carbocycles. The predicted octanol–water partition coefficient (Wildman–Crippen LogP) is 2.62. The third-order valence-electron chi connectivity index (χ3n) is 3.49. The molecule has 4 nitrogen and oxygen atoms in total. The summed E-state index contributed by atoms with van der Waals surface area (Å²) in [7, 11) is 0. The number of phenols is 1. The van der Waals surface area contributed by atoms with Gasteiger partial charge < -0.3 is 20.3 Å². The van der Waals surface area contributed by atoms with Crippen LogP contribution in [0.25, 0.3) is 0 Å². The number of para-hydroxylation sites is 1. The number of rotatable bonds is 8. The van der Waals surface area contributed by atoms with E-state index in [0.29, 0.717) is 18.9 Å². The first-order chi connectivity index (χ1) is 10.7. The molecule has 4 heteroatoms. The minimum absolute atomic E-state index is 0.0774. The van der Waals surface area contributed by atoms with Crippen LogP contribution in [0.5, 0.6) is 11.5 Å². The van der Waals surface area contributed by atoms with Crippen molar-refractivity contribution in [3.63, 3.8) is 0 Å². The van der Waals surface area contributed by atoms with Crippen molar-refractivity contribution in [2.75, 3.05) is 13.2 Å². The molecular formula is C18H23NO3. The molecule has 0 unspecified atom stereocenters. The van der Waals surface area contributed by atoms with E-state index >= 15 is 0 Å². The summed E-state index contributed by atoms with van der Waals surface area (Å²) in [5.41, 5.74) is 2.98. The number of phenolic OH excluding ortho intramolecular Hbond substituents is 1. The zero-order valence-electron chi connectivity index (χ0n) is 12.9. The fourth-order valence-corrected chi connectivity index (χ4v) is 2.25. The van der Waals surface area contributed by atoms with Gasteiger partial charge in [-0.15, -0.1) is 0 Å². The lowest BCUT2D eigenvalue weighted by Gasteiger charge is -2.11. The van der Waals surface area contributed by atoms with Crippen LogP contribution < -0.4 is 10.1 Å². The van der Waals surface area contributed by atoms with E-state index in [1.54, 1.807) is 6.07 Å². The van der Waals surface area contributed by atoms with Crippen molar-refractivity contribution < 1.29 is 14.9 Å². The second kappa shape index (κ2) is 8.41. The second-order valence-electron chi connectivity index (χ2n) is 5.10. The van der Waals surface area contributed by atoms with Crippen LogP contribution in [0.15, 0.2) is 42.5 Å². The van der Waals surface area contributed by atoms with Gasteiger partial charge in [-0.05, 0) is 37.1 Å². The van der Waals surface area contributed by atoms with Crippen LogP contribution in [0.3, 0.4) is 0 Å². The summed E-state index contributed by atoms with van der Waals surface area (Å²) in [6.07, 6.45) is 0.900. The summed E-state index contributed by atoms with van der Waals surface area (Å²) >= 11 is 0. The molecule has 118 valence electrons. The highest BCUT2D eigenvalue weighted by Gasteiger charge is 2.07. The lowest BCUT2D eigenvalue weighted by Crippen LogP contribution is -2.16. The summed E-state index contributed by atoms with van der Waals surface area (Å²) in [6, 6.07) is 13.5. The quantitative estimate of drug-likeness (QED) is 0.656. The molecule has 0 bridgehead atoms. The van der Waals surface area contributed by atoms with Gasteiger partial charge in [0.2, 0.25) is 0 Å². The Bertz CT molecular complexity index is 581. The Balaban J connectivity index is 1.82. The van der Waals surface area contributed by atoms with Crippen molar-refractivity contribution in [3.05, 3.63) is 59.2 Å². The first-order valence-electron chi connectivity index (χ1n) is 7.57. The predicted molar refractivity (Wildman–Crippen MR) is 87.1 cm³/mol. The third kappa shape index (κ3) is 4.48. The number of hydrogen-bond acceptors (Lipinski definition) is 4. The summed E-state index contributed by atoms with van der Waals surface area (Å²) in [4.78, 5) is 0. The normalized spacial score (nSPS) is 10.6. The highest BCUT2D eigenvalue weighted by molar-refractivity contribution is 5.45. The van der Waals surface area contributed by atoms with Crippen molar-refractivity contribution in [3.8, 4) is 11.5 Å². The van der Waals surface area contributed by atoms with Crippen molar-refractivity contribution in [2.45, 2.75) is 26.5 Å². The van der Waals surface area contributed by atoms with Gasteiger partial charge in [0.25, 0.3) is 0 Å². The third-order valence-corrected chi connectivity index (χ3v) is 3.49. The molecule has 3 N–H and O–H groups in total. The van der Waals surface area contributed by atoms with E-state index in [2.05, 4.69) is 5.32 Å². The number of aliphatic hydroxyl groups is 1. The number of nitrogens with one attached hydrogen (secondary N) is 1. The summed E-state index contributed by atoms with van der Waals surface area (Å²) in [5, 5.41) is 22.4. The van der Waals surface area contributed by atoms with Crippen molar-refractivity contribution in [2.24, 2.45) is 0 Å². The molecule has 2 rings (SSSR count). The number of benzene rings is 2. The number of aromatic hydroxyl groups is 1. The fourth-order valence-electron chi connectivity index (χ4n) is 2.25. The maximum absolute atomic E-state index is 10.1. The van der Waals surface area contributed by atoms with Crippen LogP contribution >= 0.6 is 0 Å². The highest BCUT2D eigenvalue weighted by Crippen LogP contribution is 2.29. The molecule has 0 spiro atoms. The Hall–Kier alpha value is -2.04. The Morgan fingerprint density at radius 1 is 1.05 bits per heavy atom. The van der Waals surface area contributed by atoms with Gasteiger partial charge in [-0.2, -0.15) is 0 Å². The molecule has 22 heavy (non-hydrogen) atoms. The molecule has 0 aliphatic rings. The van der Waals surface area contributed by atoms with Crippen LogP contribution in [0.4, 0.5) is 0 Å². The average molecular weight is 301 g/mol. The van der Waals surface area contributed by atoms with E-state index in [-0.39, 0.29) is 12.4 Å². The molecular weight excluding hydrogens is 278 g/mol. The highest BCUT2D eigenvalue weighted by atomic mass is 16.5. The van der Waals surface area contributed by atoms with Gasteiger partial charge in [-0.3, -0.25) is 0 Å². The molecule has 0 atom stereocenters. The van der Waals surface area contributed by atoms with Gasteiger partial charge >= 0.3 is 0 Å².